The molecule has 15 heavy (non-hydrogen) atoms. The van der Waals surface area contributed by atoms with Crippen molar-refractivity contribution in [3.63, 3.8) is 0 Å². The number of nitrogens with two attached hydrogens (primary N) is 1. The van der Waals surface area contributed by atoms with Crippen LogP contribution in [-0.2, 0) is 17.8 Å². The minimum atomic E-state index is 0.332. The van der Waals surface area contributed by atoms with Crippen LogP contribution >= 0.6 is 0 Å². The first-order valence-corrected chi connectivity index (χ1v) is 5.57. The Kier molecular flexibility index (Phi) is 3.07. The van der Waals surface area contributed by atoms with E-state index in [9.17, 15) is 0 Å². The van der Waals surface area contributed by atoms with Gasteiger partial charge < -0.3 is 15.0 Å². The maximum atomic E-state index is 5.80. The van der Waals surface area contributed by atoms with Gasteiger partial charge >= 0.3 is 0 Å². The zero-order chi connectivity index (χ0) is 10.8. The molecule has 2 unspecified atom stereocenters. The fraction of sp³-hybridized carbons (Fsp3) is 0.727. The number of hydrogen-bond donors (Lipinski definition) is 1. The predicted molar refractivity (Wildman–Crippen MR) is 58.4 cm³/mol. The highest BCUT2D eigenvalue weighted by Gasteiger charge is 2.23. The molecule has 1 saturated heterocycles. The van der Waals surface area contributed by atoms with Crippen molar-refractivity contribution in [2.75, 3.05) is 0 Å². The molecule has 0 amide bonds. The Morgan fingerprint density at radius 2 is 2.40 bits per heavy atom. The van der Waals surface area contributed by atoms with Crippen LogP contribution in [0.25, 0.3) is 0 Å². The lowest BCUT2D eigenvalue weighted by Crippen LogP contribution is -2.20. The molecule has 0 radical (unpaired) electrons. The van der Waals surface area contributed by atoms with Gasteiger partial charge in [0.1, 0.15) is 5.82 Å². The first kappa shape index (κ1) is 10.6. The molecule has 4 heteroatoms. The van der Waals surface area contributed by atoms with E-state index in [4.69, 9.17) is 10.5 Å². The summed E-state index contributed by atoms with van der Waals surface area (Å²) in [5.74, 6) is 1.03. The highest BCUT2D eigenvalue weighted by Crippen LogP contribution is 2.21. The number of rotatable bonds is 3. The number of aromatic nitrogens is 2. The SMILES string of the molecule is Cc1ncc(CN)n1CC1CCC(C)O1. The Bertz CT molecular complexity index is 335. The highest BCUT2D eigenvalue weighted by atomic mass is 16.5. The van der Waals surface area contributed by atoms with Crippen molar-refractivity contribution in [2.24, 2.45) is 5.73 Å². The van der Waals surface area contributed by atoms with Crippen LogP contribution in [0.3, 0.4) is 0 Å². The molecule has 0 saturated carbocycles. The van der Waals surface area contributed by atoms with Crippen molar-refractivity contribution in [3.05, 3.63) is 17.7 Å². The van der Waals surface area contributed by atoms with Crippen LogP contribution in [0.2, 0.25) is 0 Å². The average Bonchev–Trinajstić information content (AvgIpc) is 2.76. The molecule has 0 aliphatic carbocycles. The molecule has 1 aromatic rings. The Labute approximate surface area is 90.4 Å². The molecule has 1 aromatic heterocycles. The van der Waals surface area contributed by atoms with Crippen LogP contribution in [0.4, 0.5) is 0 Å². The fourth-order valence-electron chi connectivity index (χ4n) is 2.15. The topological polar surface area (TPSA) is 53.1 Å². The zero-order valence-corrected chi connectivity index (χ0v) is 9.44. The van der Waals surface area contributed by atoms with Crippen molar-refractivity contribution in [2.45, 2.75) is 52.0 Å². The van der Waals surface area contributed by atoms with Gasteiger partial charge in [0.15, 0.2) is 0 Å². The lowest BCUT2D eigenvalue weighted by Gasteiger charge is -2.15. The normalized spacial score (nSPS) is 26.1. The summed E-state index contributed by atoms with van der Waals surface area (Å²) in [5.41, 5.74) is 6.76. The number of aryl methyl sites for hydroxylation is 1. The molecule has 2 N–H and O–H groups in total. The van der Waals surface area contributed by atoms with E-state index in [1.807, 2.05) is 13.1 Å². The summed E-state index contributed by atoms with van der Waals surface area (Å²) in [5, 5.41) is 0. The smallest absolute Gasteiger partial charge is 0.105 e. The van der Waals surface area contributed by atoms with E-state index in [0.717, 1.165) is 30.9 Å². The van der Waals surface area contributed by atoms with Gasteiger partial charge in [0.05, 0.1) is 24.4 Å². The van der Waals surface area contributed by atoms with E-state index in [1.165, 1.54) is 0 Å². The maximum Gasteiger partial charge on any atom is 0.105 e. The van der Waals surface area contributed by atoms with Crippen LogP contribution in [0.5, 0.6) is 0 Å². The minimum absolute atomic E-state index is 0.332. The third-order valence-corrected chi connectivity index (χ3v) is 3.05. The van der Waals surface area contributed by atoms with Crippen LogP contribution in [-0.4, -0.2) is 21.8 Å². The van der Waals surface area contributed by atoms with Crippen molar-refractivity contribution < 1.29 is 4.74 Å². The first-order chi connectivity index (χ1) is 7.20. The van der Waals surface area contributed by atoms with Crippen LogP contribution in [0, 0.1) is 6.92 Å². The van der Waals surface area contributed by atoms with Crippen molar-refractivity contribution >= 4 is 0 Å². The molecule has 2 atom stereocenters. The molecule has 0 aromatic carbocycles. The summed E-state index contributed by atoms with van der Waals surface area (Å²) in [4.78, 5) is 4.28. The number of hydrogen-bond acceptors (Lipinski definition) is 3. The molecule has 1 aliphatic heterocycles. The molecular weight excluding hydrogens is 190 g/mol. The summed E-state index contributed by atoms with van der Waals surface area (Å²) in [6.45, 7) is 5.58. The van der Waals surface area contributed by atoms with Gasteiger partial charge in [0.25, 0.3) is 0 Å². The monoisotopic (exact) mass is 209 g/mol. The molecule has 2 heterocycles. The molecule has 4 nitrogen and oxygen atoms in total. The van der Waals surface area contributed by atoms with E-state index in [0.29, 0.717) is 18.8 Å². The second-order valence-corrected chi connectivity index (χ2v) is 4.26. The standard InChI is InChI=1S/C11H19N3O/c1-8-3-4-11(15-8)7-14-9(2)13-6-10(14)5-12/h6,8,11H,3-5,7,12H2,1-2H3. The molecule has 0 spiro atoms. The van der Waals surface area contributed by atoms with Gasteiger partial charge in [0, 0.05) is 12.7 Å². The Morgan fingerprint density at radius 3 is 3.00 bits per heavy atom. The van der Waals surface area contributed by atoms with Crippen LogP contribution in [0.15, 0.2) is 6.20 Å². The molecule has 84 valence electrons. The largest absolute Gasteiger partial charge is 0.373 e. The van der Waals surface area contributed by atoms with Crippen molar-refractivity contribution in [3.8, 4) is 0 Å². The van der Waals surface area contributed by atoms with E-state index < -0.39 is 0 Å². The number of imidazole rings is 1. The quantitative estimate of drug-likeness (QED) is 0.814. The fourth-order valence-corrected chi connectivity index (χ4v) is 2.15. The van der Waals surface area contributed by atoms with E-state index >= 15 is 0 Å². The number of ether oxygens (including phenoxy) is 1. The summed E-state index contributed by atoms with van der Waals surface area (Å²) in [6.07, 6.45) is 4.89. The van der Waals surface area contributed by atoms with Gasteiger partial charge in [-0.3, -0.25) is 0 Å². The van der Waals surface area contributed by atoms with Gasteiger partial charge in [0.2, 0.25) is 0 Å². The molecular formula is C11H19N3O. The summed E-state index contributed by atoms with van der Waals surface area (Å²) in [6, 6.07) is 0. The summed E-state index contributed by atoms with van der Waals surface area (Å²) >= 11 is 0. The van der Waals surface area contributed by atoms with Crippen LogP contribution < -0.4 is 5.73 Å². The molecule has 1 aliphatic rings. The predicted octanol–water partition coefficient (Wildman–Crippen LogP) is 1.22. The third kappa shape index (κ3) is 2.21. The zero-order valence-electron chi connectivity index (χ0n) is 9.44. The van der Waals surface area contributed by atoms with E-state index in [1.54, 1.807) is 0 Å². The van der Waals surface area contributed by atoms with Crippen LogP contribution in [0.1, 0.15) is 31.3 Å². The van der Waals surface area contributed by atoms with Gasteiger partial charge in [-0.25, -0.2) is 4.98 Å². The molecule has 1 fully saturated rings. The van der Waals surface area contributed by atoms with E-state index in [-0.39, 0.29) is 0 Å². The lowest BCUT2D eigenvalue weighted by molar-refractivity contribution is 0.0450. The van der Waals surface area contributed by atoms with Gasteiger partial charge in [-0.15, -0.1) is 0 Å². The van der Waals surface area contributed by atoms with Crippen molar-refractivity contribution in [1.29, 1.82) is 0 Å². The molecule has 0 bridgehead atoms. The summed E-state index contributed by atoms with van der Waals surface area (Å²) < 4.78 is 7.97. The summed E-state index contributed by atoms with van der Waals surface area (Å²) in [7, 11) is 0. The van der Waals surface area contributed by atoms with E-state index in [2.05, 4.69) is 16.5 Å². The second kappa shape index (κ2) is 4.33. The average molecular weight is 209 g/mol. The first-order valence-electron chi connectivity index (χ1n) is 5.57. The van der Waals surface area contributed by atoms with Crippen molar-refractivity contribution in [1.82, 2.24) is 9.55 Å². The van der Waals surface area contributed by atoms with Gasteiger partial charge in [-0.05, 0) is 26.7 Å². The second-order valence-electron chi connectivity index (χ2n) is 4.26. The maximum absolute atomic E-state index is 5.80. The number of nitrogens with zero attached hydrogens (tertiary/aromatic N) is 2. The highest BCUT2D eigenvalue weighted by molar-refractivity contribution is 5.04. The Morgan fingerprint density at radius 1 is 1.60 bits per heavy atom. The van der Waals surface area contributed by atoms with Gasteiger partial charge in [-0.2, -0.15) is 0 Å². The Balaban J connectivity index is 2.06. The Hall–Kier alpha value is -0.870. The molecule has 2 rings (SSSR count). The third-order valence-electron chi connectivity index (χ3n) is 3.05. The lowest BCUT2D eigenvalue weighted by atomic mass is 10.2. The van der Waals surface area contributed by atoms with Gasteiger partial charge in [-0.1, -0.05) is 0 Å². The minimum Gasteiger partial charge on any atom is -0.373 e.